The lowest BCUT2D eigenvalue weighted by molar-refractivity contribution is 0.151. The van der Waals surface area contributed by atoms with Gasteiger partial charge in [-0.2, -0.15) is 0 Å². The van der Waals surface area contributed by atoms with Crippen molar-refractivity contribution in [2.45, 2.75) is 6.10 Å². The summed E-state index contributed by atoms with van der Waals surface area (Å²) in [7, 11) is -3.12. The first-order valence-corrected chi connectivity index (χ1v) is 7.59. The van der Waals surface area contributed by atoms with Crippen LogP contribution in [0.15, 0.2) is 17.5 Å². The van der Waals surface area contributed by atoms with Gasteiger partial charge in [0.2, 0.25) is 0 Å². The summed E-state index contributed by atoms with van der Waals surface area (Å²) in [6.07, 6.45) is 0.0926. The molecule has 0 aromatic carbocycles. The maximum absolute atomic E-state index is 11.5. The summed E-state index contributed by atoms with van der Waals surface area (Å²) in [6.45, 7) is 0.298. The summed E-state index contributed by atoms with van der Waals surface area (Å²) in [4.78, 5) is 12.9. The van der Waals surface area contributed by atoms with E-state index in [4.69, 9.17) is 4.74 Å². The molecule has 0 aliphatic carbocycles. The van der Waals surface area contributed by atoms with Crippen LogP contribution in [0, 0.1) is 0 Å². The van der Waals surface area contributed by atoms with Crippen molar-refractivity contribution in [2.75, 3.05) is 23.5 Å². The van der Waals surface area contributed by atoms with E-state index in [2.05, 4.69) is 0 Å². The smallest absolute Gasteiger partial charge is 0.415 e. The van der Waals surface area contributed by atoms with Crippen LogP contribution in [0.5, 0.6) is 0 Å². The van der Waals surface area contributed by atoms with Gasteiger partial charge in [-0.25, -0.2) is 13.2 Å². The molecule has 1 atom stereocenters. The van der Waals surface area contributed by atoms with E-state index in [0.717, 1.165) is 11.3 Å². The number of sulfone groups is 1. The highest BCUT2D eigenvalue weighted by atomic mass is 32.2. The molecule has 1 aromatic rings. The molecule has 1 aromatic heterocycles. The second kappa shape index (κ2) is 4.06. The van der Waals surface area contributed by atoms with Crippen molar-refractivity contribution in [3.05, 3.63) is 17.5 Å². The Morgan fingerprint density at radius 2 is 2.38 bits per heavy atom. The van der Waals surface area contributed by atoms with Crippen molar-refractivity contribution < 1.29 is 17.9 Å². The molecule has 0 radical (unpaired) electrons. The van der Waals surface area contributed by atoms with Crippen molar-refractivity contribution in [1.29, 1.82) is 0 Å². The molecule has 1 amide bonds. The zero-order valence-electron chi connectivity index (χ0n) is 8.62. The number of cyclic esters (lactones) is 1. The Hall–Kier alpha value is -1.08. The second-order valence-electron chi connectivity index (χ2n) is 3.66. The lowest BCUT2D eigenvalue weighted by atomic mass is 10.4. The molecular weight excluding hydrogens is 250 g/mol. The van der Waals surface area contributed by atoms with Gasteiger partial charge in [-0.05, 0) is 17.5 Å². The van der Waals surface area contributed by atoms with Crippen LogP contribution < -0.4 is 4.90 Å². The topological polar surface area (TPSA) is 63.7 Å². The van der Waals surface area contributed by atoms with Gasteiger partial charge in [0.15, 0.2) is 9.84 Å². The molecule has 1 unspecified atom stereocenters. The van der Waals surface area contributed by atoms with Crippen molar-refractivity contribution in [3.8, 4) is 0 Å². The summed E-state index contributed by atoms with van der Waals surface area (Å²) in [5.41, 5.74) is 0. The van der Waals surface area contributed by atoms with Gasteiger partial charge in [0.1, 0.15) is 11.1 Å². The van der Waals surface area contributed by atoms with E-state index in [9.17, 15) is 13.2 Å². The Bertz CT molecular complexity index is 480. The molecule has 0 N–H and O–H groups in total. The number of rotatable bonds is 3. The van der Waals surface area contributed by atoms with Crippen molar-refractivity contribution in [3.63, 3.8) is 0 Å². The fraction of sp³-hybridized carbons (Fsp3) is 0.444. The number of thiophene rings is 1. The van der Waals surface area contributed by atoms with Crippen molar-refractivity contribution in [1.82, 2.24) is 0 Å². The first-order valence-electron chi connectivity index (χ1n) is 4.65. The van der Waals surface area contributed by atoms with Gasteiger partial charge in [-0.3, -0.25) is 4.90 Å². The lowest BCUT2D eigenvalue weighted by Gasteiger charge is -2.08. The molecule has 1 fully saturated rings. The second-order valence-corrected chi connectivity index (χ2v) is 6.77. The molecule has 2 rings (SSSR count). The van der Waals surface area contributed by atoms with Crippen LogP contribution >= 0.6 is 11.3 Å². The summed E-state index contributed by atoms with van der Waals surface area (Å²) in [5.74, 6) is -0.124. The van der Waals surface area contributed by atoms with E-state index >= 15 is 0 Å². The Balaban J connectivity index is 2.08. The third-order valence-electron chi connectivity index (χ3n) is 2.13. The van der Waals surface area contributed by atoms with Crippen molar-refractivity contribution in [2.24, 2.45) is 0 Å². The highest BCUT2D eigenvalue weighted by molar-refractivity contribution is 7.90. The Labute approximate surface area is 97.6 Å². The van der Waals surface area contributed by atoms with E-state index < -0.39 is 22.0 Å². The first kappa shape index (κ1) is 11.4. The fourth-order valence-electron chi connectivity index (χ4n) is 1.55. The van der Waals surface area contributed by atoms with Crippen LogP contribution in [0.4, 0.5) is 9.80 Å². The summed E-state index contributed by atoms with van der Waals surface area (Å²) < 4.78 is 27.1. The van der Waals surface area contributed by atoms with Crippen LogP contribution in [0.25, 0.3) is 0 Å². The van der Waals surface area contributed by atoms with Gasteiger partial charge in [0, 0.05) is 6.26 Å². The molecule has 7 heteroatoms. The van der Waals surface area contributed by atoms with Crippen LogP contribution in [-0.2, 0) is 14.6 Å². The number of nitrogens with zero attached hydrogens (tertiary/aromatic N) is 1. The van der Waals surface area contributed by atoms with Crippen LogP contribution in [0.3, 0.4) is 0 Å². The van der Waals surface area contributed by atoms with Crippen LogP contribution in [-0.4, -0.2) is 39.2 Å². The number of hydrogen-bond donors (Lipinski definition) is 0. The number of anilines is 1. The first-order chi connectivity index (χ1) is 7.46. The third-order valence-corrected chi connectivity index (χ3v) is 4.00. The molecule has 0 bridgehead atoms. The quantitative estimate of drug-likeness (QED) is 0.818. The molecule has 2 heterocycles. The molecular formula is C9H11NO4S2. The van der Waals surface area contributed by atoms with Gasteiger partial charge >= 0.3 is 6.09 Å². The van der Waals surface area contributed by atoms with Crippen LogP contribution in [0.1, 0.15) is 0 Å². The van der Waals surface area contributed by atoms with E-state index in [0.29, 0.717) is 6.54 Å². The third kappa shape index (κ3) is 2.53. The van der Waals surface area contributed by atoms with Gasteiger partial charge < -0.3 is 4.74 Å². The molecule has 0 spiro atoms. The minimum atomic E-state index is -3.12. The van der Waals surface area contributed by atoms with E-state index in [-0.39, 0.29) is 5.75 Å². The van der Waals surface area contributed by atoms with E-state index in [1.165, 1.54) is 16.2 Å². The average Bonchev–Trinajstić information content (AvgIpc) is 2.71. The molecule has 1 aliphatic rings. The van der Waals surface area contributed by atoms with Crippen LogP contribution in [0.2, 0.25) is 0 Å². The van der Waals surface area contributed by atoms with Gasteiger partial charge in [-0.1, -0.05) is 0 Å². The minimum absolute atomic E-state index is 0.124. The number of carbonyl (C=O) groups is 1. The SMILES string of the molecule is CS(=O)(=O)CC1CN(c2cccs2)C(=O)O1. The number of carbonyl (C=O) groups excluding carboxylic acids is 1. The highest BCUT2D eigenvalue weighted by Crippen LogP contribution is 2.26. The Morgan fingerprint density at radius 3 is 2.94 bits per heavy atom. The van der Waals surface area contributed by atoms with E-state index in [1.54, 1.807) is 6.07 Å². The van der Waals surface area contributed by atoms with E-state index in [1.807, 2.05) is 11.4 Å². The highest BCUT2D eigenvalue weighted by Gasteiger charge is 2.34. The predicted octanol–water partition coefficient (Wildman–Crippen LogP) is 1.12. The van der Waals surface area contributed by atoms with Gasteiger partial charge in [-0.15, -0.1) is 11.3 Å². The maximum atomic E-state index is 11.5. The minimum Gasteiger partial charge on any atom is -0.443 e. The zero-order valence-corrected chi connectivity index (χ0v) is 10.3. The van der Waals surface area contributed by atoms with Crippen molar-refractivity contribution >= 4 is 32.3 Å². The normalized spacial score (nSPS) is 21.2. The summed E-state index contributed by atoms with van der Waals surface area (Å²) in [6, 6.07) is 3.63. The Kier molecular flexibility index (Phi) is 2.90. The fourth-order valence-corrected chi connectivity index (χ4v) is 3.13. The lowest BCUT2D eigenvalue weighted by Crippen LogP contribution is -2.26. The molecule has 1 aliphatic heterocycles. The summed E-state index contributed by atoms with van der Waals surface area (Å²) >= 11 is 1.42. The Morgan fingerprint density at radius 1 is 1.62 bits per heavy atom. The largest absolute Gasteiger partial charge is 0.443 e. The van der Waals surface area contributed by atoms with Gasteiger partial charge in [0.05, 0.1) is 12.3 Å². The number of hydrogen-bond acceptors (Lipinski definition) is 5. The van der Waals surface area contributed by atoms with Gasteiger partial charge in [0.25, 0.3) is 0 Å². The number of amides is 1. The molecule has 88 valence electrons. The molecule has 1 saturated heterocycles. The molecule has 0 saturated carbocycles. The standard InChI is InChI=1S/C9H11NO4S2/c1-16(12,13)6-7-5-10(9(11)14-7)8-3-2-4-15-8/h2-4,7H,5-6H2,1H3. The molecule has 5 nitrogen and oxygen atoms in total. The predicted molar refractivity (Wildman–Crippen MR) is 61.6 cm³/mol. The zero-order chi connectivity index (χ0) is 11.8. The number of ether oxygens (including phenoxy) is 1. The monoisotopic (exact) mass is 261 g/mol. The molecule has 16 heavy (non-hydrogen) atoms. The average molecular weight is 261 g/mol. The maximum Gasteiger partial charge on any atom is 0.415 e. The summed E-state index contributed by atoms with van der Waals surface area (Å²) in [5, 5.41) is 2.63.